The van der Waals surface area contributed by atoms with Crippen LogP contribution >= 0.6 is 0 Å². The molecule has 2 rings (SSSR count). The molecule has 0 radical (unpaired) electrons. The fraction of sp³-hybridized carbons (Fsp3) is 0.667. The van der Waals surface area contributed by atoms with Gasteiger partial charge in [-0.05, 0) is 55.3 Å². The molecule has 20 heavy (non-hydrogen) atoms. The lowest BCUT2D eigenvalue weighted by molar-refractivity contribution is 0.0977. The number of nitrogens with one attached hydrogen (secondary N) is 1. The highest BCUT2D eigenvalue weighted by atomic mass is 16.5. The van der Waals surface area contributed by atoms with E-state index in [1.807, 2.05) is 6.07 Å². The third kappa shape index (κ3) is 3.17. The minimum Gasteiger partial charge on any atom is -0.497 e. The van der Waals surface area contributed by atoms with Gasteiger partial charge >= 0.3 is 0 Å². The highest BCUT2D eigenvalue weighted by Gasteiger charge is 2.46. The van der Waals surface area contributed by atoms with Gasteiger partial charge in [0.1, 0.15) is 5.75 Å². The lowest BCUT2D eigenvalue weighted by Gasteiger charge is -2.50. The van der Waals surface area contributed by atoms with Crippen LogP contribution < -0.4 is 10.1 Å². The molecule has 1 saturated carbocycles. The highest BCUT2D eigenvalue weighted by Crippen LogP contribution is 2.50. The van der Waals surface area contributed by atoms with Crippen molar-refractivity contribution in [1.82, 2.24) is 5.32 Å². The average molecular weight is 275 g/mol. The van der Waals surface area contributed by atoms with Crippen molar-refractivity contribution < 1.29 is 4.74 Å². The van der Waals surface area contributed by atoms with Gasteiger partial charge in [-0.25, -0.2) is 0 Å². The first-order valence-electron chi connectivity index (χ1n) is 7.96. The third-order valence-electron chi connectivity index (χ3n) is 4.82. The Morgan fingerprint density at radius 2 is 2.10 bits per heavy atom. The molecule has 0 amide bonds. The summed E-state index contributed by atoms with van der Waals surface area (Å²) in [5.74, 6) is 2.63. The fourth-order valence-corrected chi connectivity index (χ4v) is 3.35. The van der Waals surface area contributed by atoms with E-state index in [1.54, 1.807) is 7.11 Å². The average Bonchev–Trinajstić information content (AvgIpc) is 2.41. The minimum atomic E-state index is 0.318. The quantitative estimate of drug-likeness (QED) is 0.759. The molecule has 0 bridgehead atoms. The molecule has 1 N–H and O–H groups in total. The second kappa shape index (κ2) is 6.62. The Morgan fingerprint density at radius 1 is 1.35 bits per heavy atom. The van der Waals surface area contributed by atoms with E-state index in [4.69, 9.17) is 4.74 Å². The summed E-state index contributed by atoms with van der Waals surface area (Å²) in [6.07, 6.45) is 3.80. The monoisotopic (exact) mass is 275 g/mol. The first kappa shape index (κ1) is 15.4. The van der Waals surface area contributed by atoms with Gasteiger partial charge in [-0.2, -0.15) is 0 Å². The third-order valence-corrected chi connectivity index (χ3v) is 4.82. The lowest BCUT2D eigenvalue weighted by atomic mass is 9.56. The van der Waals surface area contributed by atoms with E-state index >= 15 is 0 Å². The molecule has 0 aromatic heterocycles. The molecule has 1 aromatic rings. The second-order valence-electron chi connectivity index (χ2n) is 6.60. The molecule has 2 heteroatoms. The van der Waals surface area contributed by atoms with Crippen molar-refractivity contribution in [3.05, 3.63) is 29.8 Å². The van der Waals surface area contributed by atoms with E-state index < -0.39 is 0 Å². The lowest BCUT2D eigenvalue weighted by Crippen LogP contribution is -2.50. The molecule has 0 saturated heterocycles. The molecule has 0 heterocycles. The predicted octanol–water partition coefficient (Wildman–Crippen LogP) is 4.00. The van der Waals surface area contributed by atoms with E-state index in [1.165, 1.54) is 24.8 Å². The maximum atomic E-state index is 5.40. The van der Waals surface area contributed by atoms with E-state index in [2.05, 4.69) is 44.3 Å². The summed E-state index contributed by atoms with van der Waals surface area (Å²) in [6.45, 7) is 9.12. The summed E-state index contributed by atoms with van der Waals surface area (Å²) in [7, 11) is 1.75. The topological polar surface area (TPSA) is 21.3 Å². The molecule has 1 aliphatic rings. The molecule has 1 aromatic carbocycles. The summed E-state index contributed by atoms with van der Waals surface area (Å²) in [5, 5.41) is 3.63. The SMILES string of the molecule is CCCNCC1(c2cccc(OC)c2)CC(C(C)C)C1. The zero-order valence-corrected chi connectivity index (χ0v) is 13.4. The number of hydrogen-bond donors (Lipinski definition) is 1. The first-order valence-corrected chi connectivity index (χ1v) is 7.96. The Hall–Kier alpha value is -1.02. The highest BCUT2D eigenvalue weighted by molar-refractivity contribution is 5.36. The molecule has 0 spiro atoms. The van der Waals surface area contributed by atoms with Gasteiger partial charge in [0.2, 0.25) is 0 Å². The Bertz CT molecular complexity index is 421. The van der Waals surface area contributed by atoms with Crippen LogP contribution in [0.1, 0.15) is 45.6 Å². The maximum Gasteiger partial charge on any atom is 0.119 e. The van der Waals surface area contributed by atoms with Gasteiger partial charge in [-0.1, -0.05) is 32.9 Å². The first-order chi connectivity index (χ1) is 9.61. The second-order valence-corrected chi connectivity index (χ2v) is 6.60. The van der Waals surface area contributed by atoms with Crippen LogP contribution in [-0.2, 0) is 5.41 Å². The van der Waals surface area contributed by atoms with Crippen LogP contribution in [0.2, 0.25) is 0 Å². The minimum absolute atomic E-state index is 0.318. The van der Waals surface area contributed by atoms with Crippen LogP contribution in [-0.4, -0.2) is 20.2 Å². The molecule has 2 nitrogen and oxygen atoms in total. The van der Waals surface area contributed by atoms with Gasteiger partial charge in [0.15, 0.2) is 0 Å². The van der Waals surface area contributed by atoms with Crippen LogP contribution in [0.4, 0.5) is 0 Å². The van der Waals surface area contributed by atoms with Gasteiger partial charge in [0.05, 0.1) is 7.11 Å². The van der Waals surface area contributed by atoms with Crippen LogP contribution in [0.3, 0.4) is 0 Å². The summed E-state index contributed by atoms with van der Waals surface area (Å²) < 4.78 is 5.40. The molecule has 1 fully saturated rings. The van der Waals surface area contributed by atoms with Gasteiger partial charge in [0.25, 0.3) is 0 Å². The number of rotatable bonds is 7. The molecule has 0 atom stereocenters. The Balaban J connectivity index is 2.14. The standard InChI is InChI=1S/C18H29NO/c1-5-9-19-13-18(11-15(12-18)14(2)3)16-7-6-8-17(10-16)20-4/h6-8,10,14-15,19H,5,9,11-13H2,1-4H3. The molecular formula is C18H29NO. The van der Waals surface area contributed by atoms with E-state index in [0.29, 0.717) is 5.41 Å². The molecule has 1 aliphatic carbocycles. The van der Waals surface area contributed by atoms with E-state index in [0.717, 1.165) is 30.7 Å². The van der Waals surface area contributed by atoms with Crippen molar-refractivity contribution in [3.8, 4) is 5.75 Å². The van der Waals surface area contributed by atoms with Crippen molar-refractivity contribution in [1.29, 1.82) is 0 Å². The van der Waals surface area contributed by atoms with Crippen molar-refractivity contribution in [2.75, 3.05) is 20.2 Å². The van der Waals surface area contributed by atoms with Crippen LogP contribution in [0.25, 0.3) is 0 Å². The van der Waals surface area contributed by atoms with Crippen molar-refractivity contribution in [2.24, 2.45) is 11.8 Å². The summed E-state index contributed by atoms with van der Waals surface area (Å²) >= 11 is 0. The largest absolute Gasteiger partial charge is 0.497 e. The smallest absolute Gasteiger partial charge is 0.119 e. The summed E-state index contributed by atoms with van der Waals surface area (Å²) in [4.78, 5) is 0. The van der Waals surface area contributed by atoms with Crippen LogP contribution in [0.15, 0.2) is 24.3 Å². The maximum absolute atomic E-state index is 5.40. The van der Waals surface area contributed by atoms with E-state index in [-0.39, 0.29) is 0 Å². The number of methoxy groups -OCH3 is 1. The molecule has 0 unspecified atom stereocenters. The van der Waals surface area contributed by atoms with Gasteiger partial charge in [0, 0.05) is 12.0 Å². The van der Waals surface area contributed by atoms with Crippen molar-refractivity contribution in [3.63, 3.8) is 0 Å². The molecule has 112 valence electrons. The Morgan fingerprint density at radius 3 is 2.70 bits per heavy atom. The van der Waals surface area contributed by atoms with Gasteiger partial charge < -0.3 is 10.1 Å². The zero-order chi connectivity index (χ0) is 14.6. The van der Waals surface area contributed by atoms with Crippen molar-refractivity contribution in [2.45, 2.75) is 45.4 Å². The number of ether oxygens (including phenoxy) is 1. The van der Waals surface area contributed by atoms with Crippen LogP contribution in [0, 0.1) is 11.8 Å². The van der Waals surface area contributed by atoms with Crippen LogP contribution in [0.5, 0.6) is 5.75 Å². The molecule has 0 aliphatic heterocycles. The normalized spacial score (nSPS) is 25.6. The predicted molar refractivity (Wildman–Crippen MR) is 85.4 cm³/mol. The summed E-state index contributed by atoms with van der Waals surface area (Å²) in [6, 6.07) is 8.66. The van der Waals surface area contributed by atoms with Gasteiger partial charge in [-0.3, -0.25) is 0 Å². The Labute approximate surface area is 123 Å². The van der Waals surface area contributed by atoms with Gasteiger partial charge in [-0.15, -0.1) is 0 Å². The fourth-order valence-electron chi connectivity index (χ4n) is 3.35. The Kier molecular flexibility index (Phi) is 5.09. The van der Waals surface area contributed by atoms with Crippen molar-refractivity contribution >= 4 is 0 Å². The number of benzene rings is 1. The number of hydrogen-bond acceptors (Lipinski definition) is 2. The molecular weight excluding hydrogens is 246 g/mol. The zero-order valence-electron chi connectivity index (χ0n) is 13.4. The van der Waals surface area contributed by atoms with E-state index in [9.17, 15) is 0 Å². The summed E-state index contributed by atoms with van der Waals surface area (Å²) in [5.41, 5.74) is 1.76.